The molecule has 1 fully saturated rings. The van der Waals surface area contributed by atoms with Gasteiger partial charge in [0.25, 0.3) is 0 Å². The van der Waals surface area contributed by atoms with Crippen LogP contribution < -0.4 is 5.73 Å². The van der Waals surface area contributed by atoms with Crippen molar-refractivity contribution in [3.63, 3.8) is 0 Å². The summed E-state index contributed by atoms with van der Waals surface area (Å²) in [5, 5.41) is 7.38. The van der Waals surface area contributed by atoms with Gasteiger partial charge in [0, 0.05) is 5.56 Å². The molecule has 2 nitrogen and oxygen atoms in total. The van der Waals surface area contributed by atoms with E-state index in [-0.39, 0.29) is 5.84 Å². The third kappa shape index (κ3) is 2.87. The largest absolute Gasteiger partial charge is 0.384 e. The normalized spacial score (nSPS) is 24.5. The Hall–Kier alpha value is -1.31. The molecule has 1 aromatic carbocycles. The minimum absolute atomic E-state index is 0.159. The molecule has 0 radical (unpaired) electrons. The van der Waals surface area contributed by atoms with Gasteiger partial charge < -0.3 is 5.73 Å². The molecular weight excluding hydrogens is 208 g/mol. The van der Waals surface area contributed by atoms with Gasteiger partial charge in [-0.3, -0.25) is 5.41 Å². The lowest BCUT2D eigenvalue weighted by molar-refractivity contribution is 0.319. The van der Waals surface area contributed by atoms with Crippen LogP contribution in [0.1, 0.15) is 56.1 Å². The second kappa shape index (κ2) is 5.35. The van der Waals surface area contributed by atoms with Crippen LogP contribution in [0.5, 0.6) is 0 Å². The molecule has 0 bridgehead atoms. The van der Waals surface area contributed by atoms with Gasteiger partial charge in [0.15, 0.2) is 0 Å². The van der Waals surface area contributed by atoms with Crippen molar-refractivity contribution >= 4 is 5.84 Å². The lowest BCUT2D eigenvalue weighted by Crippen LogP contribution is -2.14. The van der Waals surface area contributed by atoms with Crippen LogP contribution in [0.3, 0.4) is 0 Å². The fourth-order valence-electron chi connectivity index (χ4n) is 2.84. The number of nitrogens with one attached hydrogen (secondary N) is 1. The van der Waals surface area contributed by atoms with E-state index in [0.717, 1.165) is 17.4 Å². The fraction of sp³-hybridized carbons (Fsp3) is 0.533. The molecule has 2 heteroatoms. The Bertz CT molecular complexity index is 372. The van der Waals surface area contributed by atoms with E-state index in [0.29, 0.717) is 0 Å². The third-order valence-electron chi connectivity index (χ3n) is 4.12. The van der Waals surface area contributed by atoms with E-state index in [1.807, 2.05) is 12.1 Å². The average molecular weight is 230 g/mol. The van der Waals surface area contributed by atoms with Crippen LogP contribution in [0.15, 0.2) is 24.3 Å². The number of rotatable bonds is 3. The number of nitrogen functional groups attached to an aromatic ring is 1. The fourth-order valence-corrected chi connectivity index (χ4v) is 2.84. The highest BCUT2D eigenvalue weighted by Crippen LogP contribution is 2.36. The van der Waals surface area contributed by atoms with Crippen molar-refractivity contribution in [3.05, 3.63) is 35.4 Å². The third-order valence-corrected chi connectivity index (χ3v) is 4.12. The predicted molar refractivity (Wildman–Crippen MR) is 72.4 cm³/mol. The Morgan fingerprint density at radius 1 is 1.18 bits per heavy atom. The van der Waals surface area contributed by atoms with E-state index in [1.54, 1.807) is 0 Å². The summed E-state index contributed by atoms with van der Waals surface area (Å²) >= 11 is 0. The molecule has 3 N–H and O–H groups in total. The Balaban J connectivity index is 2.01. The van der Waals surface area contributed by atoms with Gasteiger partial charge in [-0.25, -0.2) is 0 Å². The van der Waals surface area contributed by atoms with Crippen molar-refractivity contribution in [2.45, 2.75) is 44.9 Å². The smallest absolute Gasteiger partial charge is 0.122 e. The van der Waals surface area contributed by atoms with Crippen molar-refractivity contribution in [1.82, 2.24) is 0 Å². The van der Waals surface area contributed by atoms with E-state index in [1.165, 1.54) is 37.7 Å². The number of nitrogens with two attached hydrogens (primary N) is 1. The minimum Gasteiger partial charge on any atom is -0.384 e. The maximum absolute atomic E-state index is 7.38. The first kappa shape index (κ1) is 12.2. The average Bonchev–Trinajstić information content (AvgIpc) is 2.39. The van der Waals surface area contributed by atoms with Gasteiger partial charge in [0.05, 0.1) is 0 Å². The lowest BCUT2D eigenvalue weighted by atomic mass is 9.78. The summed E-state index contributed by atoms with van der Waals surface area (Å²) in [6.45, 7) is 2.30. The van der Waals surface area contributed by atoms with E-state index < -0.39 is 0 Å². The van der Waals surface area contributed by atoms with Crippen LogP contribution in [0.4, 0.5) is 0 Å². The SMILES string of the molecule is CCC1CCC(c2ccc(C(=N)N)cc2)CC1. The number of hydrogen-bond acceptors (Lipinski definition) is 1. The summed E-state index contributed by atoms with van der Waals surface area (Å²) in [6.07, 6.45) is 6.71. The van der Waals surface area contributed by atoms with E-state index in [9.17, 15) is 0 Å². The first-order chi connectivity index (χ1) is 8.20. The Labute approximate surface area is 104 Å². The quantitative estimate of drug-likeness (QED) is 0.604. The number of hydrogen-bond donors (Lipinski definition) is 2. The molecule has 0 atom stereocenters. The highest BCUT2D eigenvalue weighted by molar-refractivity contribution is 5.94. The standard InChI is InChI=1S/C15H22N2/c1-2-11-3-5-12(6-4-11)13-7-9-14(10-8-13)15(16)17/h7-12H,2-6H2,1H3,(H3,16,17). The summed E-state index contributed by atoms with van der Waals surface area (Å²) < 4.78 is 0. The molecule has 2 rings (SSSR count). The molecule has 1 aliphatic carbocycles. The number of benzene rings is 1. The topological polar surface area (TPSA) is 49.9 Å². The predicted octanol–water partition coefficient (Wildman–Crippen LogP) is 3.65. The van der Waals surface area contributed by atoms with Gasteiger partial charge in [-0.2, -0.15) is 0 Å². The minimum atomic E-state index is 0.159. The molecule has 0 aliphatic heterocycles. The zero-order valence-electron chi connectivity index (χ0n) is 10.6. The summed E-state index contributed by atoms with van der Waals surface area (Å²) in [5.74, 6) is 1.83. The summed E-state index contributed by atoms with van der Waals surface area (Å²) in [7, 11) is 0. The second-order valence-electron chi connectivity index (χ2n) is 5.16. The van der Waals surface area contributed by atoms with Crippen molar-refractivity contribution < 1.29 is 0 Å². The first-order valence-electron chi connectivity index (χ1n) is 6.65. The number of amidine groups is 1. The molecule has 0 unspecified atom stereocenters. The molecule has 0 amide bonds. The highest BCUT2D eigenvalue weighted by atomic mass is 14.7. The summed E-state index contributed by atoms with van der Waals surface area (Å²) in [6, 6.07) is 8.24. The zero-order chi connectivity index (χ0) is 12.3. The van der Waals surface area contributed by atoms with Gasteiger partial charge >= 0.3 is 0 Å². The summed E-state index contributed by atoms with van der Waals surface area (Å²) in [5.41, 5.74) is 7.71. The molecule has 1 saturated carbocycles. The van der Waals surface area contributed by atoms with Gasteiger partial charge in [-0.1, -0.05) is 37.6 Å². The van der Waals surface area contributed by atoms with Crippen LogP contribution in [0.25, 0.3) is 0 Å². The second-order valence-corrected chi connectivity index (χ2v) is 5.16. The van der Waals surface area contributed by atoms with E-state index >= 15 is 0 Å². The molecule has 92 valence electrons. The molecule has 0 aromatic heterocycles. The molecule has 1 aromatic rings. The molecular formula is C15H22N2. The van der Waals surface area contributed by atoms with Crippen molar-refractivity contribution in [3.8, 4) is 0 Å². The van der Waals surface area contributed by atoms with Crippen LogP contribution in [-0.4, -0.2) is 5.84 Å². The van der Waals surface area contributed by atoms with Gasteiger partial charge in [0.2, 0.25) is 0 Å². The van der Waals surface area contributed by atoms with Crippen LogP contribution in [0, 0.1) is 11.3 Å². The Morgan fingerprint density at radius 2 is 1.76 bits per heavy atom. The maximum atomic E-state index is 7.38. The Kier molecular flexibility index (Phi) is 3.82. The van der Waals surface area contributed by atoms with Gasteiger partial charge in [0.1, 0.15) is 5.84 Å². The van der Waals surface area contributed by atoms with Gasteiger partial charge in [-0.05, 0) is 43.1 Å². The zero-order valence-corrected chi connectivity index (χ0v) is 10.6. The van der Waals surface area contributed by atoms with Crippen LogP contribution in [-0.2, 0) is 0 Å². The lowest BCUT2D eigenvalue weighted by Gasteiger charge is -2.28. The van der Waals surface area contributed by atoms with Crippen molar-refractivity contribution in [2.75, 3.05) is 0 Å². The van der Waals surface area contributed by atoms with Crippen LogP contribution >= 0.6 is 0 Å². The first-order valence-corrected chi connectivity index (χ1v) is 6.65. The maximum Gasteiger partial charge on any atom is 0.122 e. The summed E-state index contributed by atoms with van der Waals surface area (Å²) in [4.78, 5) is 0. The van der Waals surface area contributed by atoms with E-state index in [4.69, 9.17) is 11.1 Å². The van der Waals surface area contributed by atoms with E-state index in [2.05, 4.69) is 19.1 Å². The molecule has 0 spiro atoms. The highest BCUT2D eigenvalue weighted by Gasteiger charge is 2.20. The molecule has 1 aliphatic rings. The van der Waals surface area contributed by atoms with Gasteiger partial charge in [-0.15, -0.1) is 0 Å². The molecule has 0 saturated heterocycles. The van der Waals surface area contributed by atoms with Crippen molar-refractivity contribution in [1.29, 1.82) is 5.41 Å². The van der Waals surface area contributed by atoms with Crippen LogP contribution in [0.2, 0.25) is 0 Å². The molecule has 0 heterocycles. The Morgan fingerprint density at radius 3 is 2.24 bits per heavy atom. The monoisotopic (exact) mass is 230 g/mol. The van der Waals surface area contributed by atoms with Crippen molar-refractivity contribution in [2.24, 2.45) is 11.7 Å². The molecule has 17 heavy (non-hydrogen) atoms.